The van der Waals surface area contributed by atoms with Crippen LogP contribution in [0.25, 0.3) is 0 Å². The minimum Gasteiger partial charge on any atom is -0.357 e. The first kappa shape index (κ1) is 14.1. The van der Waals surface area contributed by atoms with Crippen LogP contribution in [0.2, 0.25) is 0 Å². The van der Waals surface area contributed by atoms with Gasteiger partial charge in [-0.3, -0.25) is 0 Å². The Morgan fingerprint density at radius 3 is 2.80 bits per heavy atom. The van der Waals surface area contributed by atoms with E-state index in [2.05, 4.69) is 30.3 Å². The zero-order chi connectivity index (χ0) is 14.2. The molecule has 0 bridgehead atoms. The lowest BCUT2D eigenvalue weighted by Crippen LogP contribution is -2.38. The first-order chi connectivity index (χ1) is 9.78. The van der Waals surface area contributed by atoms with E-state index in [0.29, 0.717) is 18.3 Å². The standard InChI is InChI=1S/C13H20N6O/c1-3-14-13(15-6-9-19-7-4-5-8-19)16-10-12-17-11(2)18-20-12/h4-5,7-8H,3,6,9-10H2,1-2H3,(H2,14,15,16). The topological polar surface area (TPSA) is 80.3 Å². The van der Waals surface area contributed by atoms with Gasteiger partial charge in [0.1, 0.15) is 6.54 Å². The van der Waals surface area contributed by atoms with Gasteiger partial charge in [-0.25, -0.2) is 4.99 Å². The highest BCUT2D eigenvalue weighted by atomic mass is 16.5. The molecule has 0 amide bonds. The molecule has 0 unspecified atom stereocenters. The van der Waals surface area contributed by atoms with Crippen LogP contribution >= 0.6 is 0 Å². The Labute approximate surface area is 118 Å². The molecule has 0 aliphatic rings. The molecule has 0 aliphatic heterocycles. The van der Waals surface area contributed by atoms with E-state index in [1.54, 1.807) is 6.92 Å². The Balaban J connectivity index is 1.82. The van der Waals surface area contributed by atoms with E-state index in [4.69, 9.17) is 4.52 Å². The molecule has 0 aliphatic carbocycles. The lowest BCUT2D eigenvalue weighted by molar-refractivity contribution is 0.376. The van der Waals surface area contributed by atoms with E-state index in [1.807, 2.05) is 31.5 Å². The number of nitrogens with zero attached hydrogens (tertiary/aromatic N) is 4. The Morgan fingerprint density at radius 2 is 2.15 bits per heavy atom. The maximum Gasteiger partial charge on any atom is 0.248 e. The molecule has 2 rings (SSSR count). The van der Waals surface area contributed by atoms with E-state index >= 15 is 0 Å². The molecule has 2 heterocycles. The summed E-state index contributed by atoms with van der Waals surface area (Å²) in [6.07, 6.45) is 4.07. The van der Waals surface area contributed by atoms with Gasteiger partial charge in [-0.2, -0.15) is 4.98 Å². The molecule has 0 atom stereocenters. The molecule has 0 saturated carbocycles. The van der Waals surface area contributed by atoms with Gasteiger partial charge in [0.25, 0.3) is 0 Å². The molecule has 2 N–H and O–H groups in total. The van der Waals surface area contributed by atoms with Crippen LogP contribution < -0.4 is 10.6 Å². The van der Waals surface area contributed by atoms with Crippen molar-refractivity contribution >= 4 is 5.96 Å². The summed E-state index contributed by atoms with van der Waals surface area (Å²) in [4.78, 5) is 8.52. The first-order valence-corrected chi connectivity index (χ1v) is 6.70. The summed E-state index contributed by atoms with van der Waals surface area (Å²) in [6, 6.07) is 4.02. The predicted molar refractivity (Wildman–Crippen MR) is 76.3 cm³/mol. The molecule has 0 radical (unpaired) electrons. The molecule has 2 aromatic heterocycles. The van der Waals surface area contributed by atoms with Gasteiger partial charge in [0, 0.05) is 32.0 Å². The van der Waals surface area contributed by atoms with Gasteiger partial charge in [-0.05, 0) is 26.0 Å². The second-order valence-corrected chi connectivity index (χ2v) is 4.28. The van der Waals surface area contributed by atoms with Crippen molar-refractivity contribution in [3.05, 3.63) is 36.2 Å². The van der Waals surface area contributed by atoms with Gasteiger partial charge in [-0.1, -0.05) is 5.16 Å². The van der Waals surface area contributed by atoms with Crippen LogP contribution in [-0.2, 0) is 13.1 Å². The van der Waals surface area contributed by atoms with Crippen molar-refractivity contribution in [1.82, 2.24) is 25.3 Å². The molecule has 108 valence electrons. The molecule has 0 fully saturated rings. The Hall–Kier alpha value is -2.31. The number of aryl methyl sites for hydroxylation is 1. The van der Waals surface area contributed by atoms with Crippen LogP contribution in [0.15, 0.2) is 34.0 Å². The van der Waals surface area contributed by atoms with Crippen molar-refractivity contribution in [2.75, 3.05) is 13.1 Å². The van der Waals surface area contributed by atoms with Crippen LogP contribution in [0.1, 0.15) is 18.6 Å². The quantitative estimate of drug-likeness (QED) is 0.606. The third-order valence-corrected chi connectivity index (χ3v) is 2.61. The second-order valence-electron chi connectivity index (χ2n) is 4.28. The first-order valence-electron chi connectivity index (χ1n) is 6.70. The SMILES string of the molecule is CCNC(=NCc1nc(C)no1)NCCn1cccc1. The van der Waals surface area contributed by atoms with Crippen LogP contribution in [0, 0.1) is 6.92 Å². The molecule has 2 aromatic rings. The van der Waals surface area contributed by atoms with Gasteiger partial charge in [0.05, 0.1) is 0 Å². The smallest absolute Gasteiger partial charge is 0.248 e. The summed E-state index contributed by atoms with van der Waals surface area (Å²) < 4.78 is 7.14. The van der Waals surface area contributed by atoms with Crippen molar-refractivity contribution < 1.29 is 4.52 Å². The zero-order valence-corrected chi connectivity index (χ0v) is 11.8. The van der Waals surface area contributed by atoms with E-state index in [9.17, 15) is 0 Å². The Bertz CT molecular complexity index is 531. The molecule has 7 nitrogen and oxygen atoms in total. The van der Waals surface area contributed by atoms with Gasteiger partial charge in [0.2, 0.25) is 5.89 Å². The third-order valence-electron chi connectivity index (χ3n) is 2.61. The van der Waals surface area contributed by atoms with Gasteiger partial charge >= 0.3 is 0 Å². The number of hydrogen-bond donors (Lipinski definition) is 2. The normalized spacial score (nSPS) is 11.6. The molecular formula is C13H20N6O. The number of aromatic nitrogens is 3. The van der Waals surface area contributed by atoms with Crippen molar-refractivity contribution in [1.29, 1.82) is 0 Å². The van der Waals surface area contributed by atoms with Crippen molar-refractivity contribution in [2.45, 2.75) is 26.9 Å². The number of rotatable bonds is 6. The lowest BCUT2D eigenvalue weighted by Gasteiger charge is -2.11. The minimum atomic E-state index is 0.375. The predicted octanol–water partition coefficient (Wildman–Crippen LogP) is 0.935. The molecule has 0 spiro atoms. The minimum absolute atomic E-state index is 0.375. The van der Waals surface area contributed by atoms with Gasteiger partial charge < -0.3 is 19.7 Å². The number of guanidine groups is 1. The molecule has 7 heteroatoms. The van der Waals surface area contributed by atoms with Crippen molar-refractivity contribution in [2.24, 2.45) is 4.99 Å². The van der Waals surface area contributed by atoms with Crippen LogP contribution in [0.4, 0.5) is 0 Å². The Kier molecular flexibility index (Phi) is 5.16. The summed E-state index contributed by atoms with van der Waals surface area (Å²) in [7, 11) is 0. The fourth-order valence-electron chi connectivity index (χ4n) is 1.72. The van der Waals surface area contributed by atoms with Crippen molar-refractivity contribution in [3.8, 4) is 0 Å². The summed E-state index contributed by atoms with van der Waals surface area (Å²) in [5.74, 6) is 1.89. The molecule has 20 heavy (non-hydrogen) atoms. The van der Waals surface area contributed by atoms with Crippen molar-refractivity contribution in [3.63, 3.8) is 0 Å². The zero-order valence-electron chi connectivity index (χ0n) is 11.8. The molecular weight excluding hydrogens is 256 g/mol. The van der Waals surface area contributed by atoms with Crippen LogP contribution in [0.3, 0.4) is 0 Å². The number of aliphatic imine (C=N–C) groups is 1. The highest BCUT2D eigenvalue weighted by molar-refractivity contribution is 5.79. The van der Waals surface area contributed by atoms with E-state index in [1.165, 1.54) is 0 Å². The Morgan fingerprint density at radius 1 is 1.35 bits per heavy atom. The number of nitrogens with one attached hydrogen (secondary N) is 2. The molecule has 0 saturated heterocycles. The fraction of sp³-hybridized carbons (Fsp3) is 0.462. The average Bonchev–Trinajstić information content (AvgIpc) is 3.07. The summed E-state index contributed by atoms with van der Waals surface area (Å²) >= 11 is 0. The van der Waals surface area contributed by atoms with Gasteiger partial charge in [-0.15, -0.1) is 0 Å². The highest BCUT2D eigenvalue weighted by Crippen LogP contribution is 1.97. The second kappa shape index (κ2) is 7.32. The van der Waals surface area contributed by atoms with E-state index in [-0.39, 0.29) is 0 Å². The summed E-state index contributed by atoms with van der Waals surface area (Å²) in [5.41, 5.74) is 0. The summed E-state index contributed by atoms with van der Waals surface area (Å²) in [6.45, 7) is 6.68. The summed E-state index contributed by atoms with van der Waals surface area (Å²) in [5, 5.41) is 10.2. The third kappa shape index (κ3) is 4.42. The maximum atomic E-state index is 5.03. The largest absolute Gasteiger partial charge is 0.357 e. The van der Waals surface area contributed by atoms with Crippen LogP contribution in [-0.4, -0.2) is 33.8 Å². The van der Waals surface area contributed by atoms with Crippen LogP contribution in [0.5, 0.6) is 0 Å². The molecule has 0 aromatic carbocycles. The average molecular weight is 276 g/mol. The maximum absolute atomic E-state index is 5.03. The van der Waals surface area contributed by atoms with Gasteiger partial charge in [0.15, 0.2) is 11.8 Å². The van der Waals surface area contributed by atoms with E-state index < -0.39 is 0 Å². The lowest BCUT2D eigenvalue weighted by atomic mass is 10.5. The number of hydrogen-bond acceptors (Lipinski definition) is 4. The highest BCUT2D eigenvalue weighted by Gasteiger charge is 2.02. The monoisotopic (exact) mass is 276 g/mol. The van der Waals surface area contributed by atoms with E-state index in [0.717, 1.165) is 25.6 Å². The fourth-order valence-corrected chi connectivity index (χ4v) is 1.72.